The van der Waals surface area contributed by atoms with E-state index in [1.807, 2.05) is 18.2 Å². The van der Waals surface area contributed by atoms with Crippen molar-refractivity contribution in [3.63, 3.8) is 0 Å². The van der Waals surface area contributed by atoms with Crippen LogP contribution in [0.3, 0.4) is 0 Å². The first-order valence-corrected chi connectivity index (χ1v) is 18.1. The van der Waals surface area contributed by atoms with Crippen LogP contribution in [0.4, 0.5) is 17.1 Å². The van der Waals surface area contributed by atoms with Gasteiger partial charge in [0.2, 0.25) is 5.95 Å². The lowest BCUT2D eigenvalue weighted by atomic mass is 9.94. The second-order valence-corrected chi connectivity index (χ2v) is 13.8. The molecule has 2 aromatic heterocycles. The summed E-state index contributed by atoms with van der Waals surface area (Å²) in [5, 5.41) is 5.85. The number of nitrogens with zero attached hydrogens (tertiary/aromatic N) is 4. The van der Waals surface area contributed by atoms with Gasteiger partial charge in [-0.25, -0.2) is 9.97 Å². The van der Waals surface area contributed by atoms with Crippen molar-refractivity contribution >= 4 is 60.5 Å². The summed E-state index contributed by atoms with van der Waals surface area (Å²) in [5.74, 6) is 2.52. The van der Waals surface area contributed by atoms with E-state index in [2.05, 4.69) is 167 Å². The third kappa shape index (κ3) is 4.71. The maximum absolute atomic E-state index is 6.59. The predicted octanol–water partition coefficient (Wildman–Crippen LogP) is 12.7. The average Bonchev–Trinajstić information content (AvgIpc) is 3.57. The van der Waals surface area contributed by atoms with Crippen molar-refractivity contribution in [2.75, 3.05) is 4.90 Å². The third-order valence-electron chi connectivity index (χ3n) is 10.7. The number of hydrogen-bond acceptors (Lipinski definition) is 4. The molecule has 0 saturated carbocycles. The second-order valence-electron chi connectivity index (χ2n) is 13.8. The number of rotatable bonds is 4. The Bertz CT molecular complexity index is 2980. The van der Waals surface area contributed by atoms with Crippen molar-refractivity contribution in [1.29, 1.82) is 0 Å². The third-order valence-corrected chi connectivity index (χ3v) is 10.7. The Morgan fingerprint density at radius 2 is 1.32 bits per heavy atom. The number of ether oxygens (including phenoxy) is 1. The lowest BCUT2D eigenvalue weighted by Crippen LogP contribution is -2.15. The molecule has 1 aliphatic heterocycles. The summed E-state index contributed by atoms with van der Waals surface area (Å²) in [6, 6.07) is 53.5. The van der Waals surface area contributed by atoms with Gasteiger partial charge < -0.3 is 9.64 Å². The quantitative estimate of drug-likeness (QED) is 0.186. The maximum atomic E-state index is 6.59. The molecule has 0 radical (unpaired) electrons. The van der Waals surface area contributed by atoms with Crippen molar-refractivity contribution in [2.45, 2.75) is 12.3 Å². The first-order valence-electron chi connectivity index (χ1n) is 18.1. The maximum Gasteiger partial charge on any atom is 0.235 e. The van der Waals surface area contributed by atoms with Crippen molar-refractivity contribution < 1.29 is 4.74 Å². The molecular weight excluding hydrogens is 649 g/mol. The van der Waals surface area contributed by atoms with Crippen LogP contribution in [0.1, 0.15) is 18.0 Å². The van der Waals surface area contributed by atoms with Crippen molar-refractivity contribution in [1.82, 2.24) is 14.5 Å². The highest BCUT2D eigenvalue weighted by atomic mass is 16.5. The number of fused-ring (bicyclic) bond motifs is 8. The van der Waals surface area contributed by atoms with E-state index in [0.29, 0.717) is 5.95 Å². The summed E-state index contributed by atoms with van der Waals surface area (Å²) in [7, 11) is 0. The molecule has 1 unspecified atom stereocenters. The van der Waals surface area contributed by atoms with Gasteiger partial charge in [0.05, 0.1) is 33.6 Å². The van der Waals surface area contributed by atoms with Gasteiger partial charge in [0.15, 0.2) is 11.5 Å². The molecule has 0 saturated heterocycles. The molecule has 2 aliphatic rings. The van der Waals surface area contributed by atoms with Gasteiger partial charge in [0.25, 0.3) is 0 Å². The minimum atomic E-state index is 0.184. The SMILES string of the molecule is C1=CCC(c2nc(-n3c4ccc(-c5ccc6c(c5)Oc5ccccc5N6c5ccccc5)cc4c4c5ccccc5ccc43)nc3ccccc23)C=C1. The highest BCUT2D eigenvalue weighted by Gasteiger charge is 2.26. The fourth-order valence-corrected chi connectivity index (χ4v) is 8.23. The Morgan fingerprint density at radius 1 is 0.566 bits per heavy atom. The number of allylic oxidation sites excluding steroid dienone is 4. The van der Waals surface area contributed by atoms with Gasteiger partial charge in [0, 0.05) is 27.8 Å². The zero-order valence-electron chi connectivity index (χ0n) is 28.7. The van der Waals surface area contributed by atoms with Crippen LogP contribution in [0.2, 0.25) is 0 Å². The zero-order valence-corrected chi connectivity index (χ0v) is 28.7. The van der Waals surface area contributed by atoms with Crippen molar-refractivity contribution in [3.05, 3.63) is 182 Å². The molecule has 0 fully saturated rings. The summed E-state index contributed by atoms with van der Waals surface area (Å²) in [5.41, 5.74) is 9.47. The average molecular weight is 681 g/mol. The van der Waals surface area contributed by atoms with Crippen molar-refractivity contribution in [2.24, 2.45) is 0 Å². The molecule has 0 spiro atoms. The summed E-state index contributed by atoms with van der Waals surface area (Å²) in [6.45, 7) is 0. The first-order chi connectivity index (χ1) is 26.3. The topological polar surface area (TPSA) is 43.2 Å². The van der Waals surface area contributed by atoms with E-state index in [1.54, 1.807) is 0 Å². The summed E-state index contributed by atoms with van der Waals surface area (Å²) in [4.78, 5) is 12.9. The zero-order chi connectivity index (χ0) is 34.9. The minimum absolute atomic E-state index is 0.184. The highest BCUT2D eigenvalue weighted by Crippen LogP contribution is 2.51. The Hall–Kier alpha value is -6.98. The Morgan fingerprint density at radius 3 is 2.23 bits per heavy atom. The molecular formula is C48H32N4O. The van der Waals surface area contributed by atoms with Crippen LogP contribution in [0.5, 0.6) is 11.5 Å². The molecule has 5 heteroatoms. The molecule has 7 aromatic carbocycles. The van der Waals surface area contributed by atoms with Gasteiger partial charge in [-0.3, -0.25) is 4.57 Å². The van der Waals surface area contributed by atoms with Crippen LogP contribution in [0, 0.1) is 0 Å². The number of hydrogen-bond donors (Lipinski definition) is 0. The van der Waals surface area contributed by atoms with Gasteiger partial charge in [-0.15, -0.1) is 0 Å². The lowest BCUT2D eigenvalue weighted by Gasteiger charge is -2.33. The first kappa shape index (κ1) is 29.7. The smallest absolute Gasteiger partial charge is 0.235 e. The molecule has 0 bridgehead atoms. The predicted molar refractivity (Wildman–Crippen MR) is 217 cm³/mol. The Kier molecular flexibility index (Phi) is 6.61. The highest BCUT2D eigenvalue weighted by molar-refractivity contribution is 6.21. The van der Waals surface area contributed by atoms with Gasteiger partial charge in [-0.05, 0) is 89.0 Å². The molecule has 9 aromatic rings. The van der Waals surface area contributed by atoms with Gasteiger partial charge >= 0.3 is 0 Å². The van der Waals surface area contributed by atoms with E-state index in [0.717, 1.165) is 79.1 Å². The Labute approximate surface area is 306 Å². The van der Waals surface area contributed by atoms with Crippen LogP contribution in [0.15, 0.2) is 176 Å². The molecule has 3 heterocycles. The van der Waals surface area contributed by atoms with E-state index in [4.69, 9.17) is 14.7 Å². The van der Waals surface area contributed by atoms with Gasteiger partial charge in [0.1, 0.15) is 0 Å². The molecule has 11 rings (SSSR count). The Balaban J connectivity index is 1.12. The van der Waals surface area contributed by atoms with E-state index < -0.39 is 0 Å². The van der Waals surface area contributed by atoms with Crippen LogP contribution in [-0.2, 0) is 0 Å². The number of para-hydroxylation sites is 4. The summed E-state index contributed by atoms with van der Waals surface area (Å²) >= 11 is 0. The number of aromatic nitrogens is 3. The van der Waals surface area contributed by atoms with Crippen LogP contribution in [0.25, 0.3) is 60.6 Å². The van der Waals surface area contributed by atoms with E-state index in [-0.39, 0.29) is 5.92 Å². The normalized spacial score (nSPS) is 14.9. The molecule has 1 atom stereocenters. The van der Waals surface area contributed by atoms with Crippen LogP contribution in [-0.4, -0.2) is 14.5 Å². The summed E-state index contributed by atoms with van der Waals surface area (Å²) in [6.07, 6.45) is 9.63. The monoisotopic (exact) mass is 680 g/mol. The van der Waals surface area contributed by atoms with Gasteiger partial charge in [-0.1, -0.05) is 115 Å². The standard InChI is InChI=1S/C48H32N4O/c1-3-14-32(15-4-1)47-37-19-9-10-20-39(37)49-48(50-47)52-40-26-24-33(29-38(40)46-36-18-8-7-13-31(36)23-28-43(46)52)34-25-27-42-45(30-34)53-44-22-12-11-21-41(44)51(42)35-16-5-2-6-17-35/h1-14,16-30,32H,15H2. The molecule has 0 amide bonds. The minimum Gasteiger partial charge on any atom is -0.453 e. The van der Waals surface area contributed by atoms with Crippen LogP contribution < -0.4 is 9.64 Å². The fourth-order valence-electron chi connectivity index (χ4n) is 8.23. The van der Waals surface area contributed by atoms with E-state index in [1.165, 1.54) is 16.2 Å². The fraction of sp³-hybridized carbons (Fsp3) is 0.0417. The number of benzene rings is 7. The van der Waals surface area contributed by atoms with E-state index >= 15 is 0 Å². The van der Waals surface area contributed by atoms with Crippen LogP contribution >= 0.6 is 0 Å². The molecule has 250 valence electrons. The molecule has 5 nitrogen and oxygen atoms in total. The molecule has 53 heavy (non-hydrogen) atoms. The molecule has 1 aliphatic carbocycles. The largest absolute Gasteiger partial charge is 0.453 e. The summed E-state index contributed by atoms with van der Waals surface area (Å²) < 4.78 is 8.85. The van der Waals surface area contributed by atoms with Gasteiger partial charge in [-0.2, -0.15) is 0 Å². The van der Waals surface area contributed by atoms with E-state index in [9.17, 15) is 0 Å². The molecule has 0 N–H and O–H groups in total. The lowest BCUT2D eigenvalue weighted by molar-refractivity contribution is 0.477. The second kappa shape index (κ2) is 11.8. The van der Waals surface area contributed by atoms with Crippen molar-refractivity contribution in [3.8, 4) is 28.6 Å². The number of anilines is 3.